The van der Waals surface area contributed by atoms with E-state index >= 15 is 0 Å². The van der Waals surface area contributed by atoms with E-state index in [4.69, 9.17) is 0 Å². The molecule has 0 saturated carbocycles. The minimum Gasteiger partial charge on any atom is -0.347 e. The fourth-order valence-electron chi connectivity index (χ4n) is 2.28. The molecule has 2 rings (SSSR count). The molecule has 1 heterocycles. The van der Waals surface area contributed by atoms with E-state index in [2.05, 4.69) is 10.6 Å². The minimum absolute atomic E-state index is 0.248. The SMILES string of the molecule is O=C(NCCc1ccccc1F)C(=O)N1CCCNCC1. The van der Waals surface area contributed by atoms with Gasteiger partial charge in [0.2, 0.25) is 0 Å². The molecular weight excluding hydrogens is 273 g/mol. The summed E-state index contributed by atoms with van der Waals surface area (Å²) in [6.45, 7) is 2.94. The quantitative estimate of drug-likeness (QED) is 0.788. The Kier molecular flexibility index (Phi) is 5.68. The van der Waals surface area contributed by atoms with Crippen molar-refractivity contribution < 1.29 is 14.0 Å². The molecular formula is C15H20FN3O2. The number of halogens is 1. The summed E-state index contributed by atoms with van der Waals surface area (Å²) in [5.41, 5.74) is 0.532. The second-order valence-corrected chi connectivity index (χ2v) is 4.99. The highest BCUT2D eigenvalue weighted by atomic mass is 19.1. The third-order valence-electron chi connectivity index (χ3n) is 3.46. The lowest BCUT2D eigenvalue weighted by molar-refractivity contribution is -0.145. The van der Waals surface area contributed by atoms with Gasteiger partial charge in [-0.2, -0.15) is 0 Å². The summed E-state index contributed by atoms with van der Waals surface area (Å²) in [6, 6.07) is 6.42. The standard InChI is InChI=1S/C15H20FN3O2/c16-13-5-2-1-4-12(13)6-8-18-14(20)15(21)19-10-3-7-17-9-11-19/h1-2,4-5,17H,3,6-11H2,(H,18,20). The van der Waals surface area contributed by atoms with Crippen LogP contribution in [0.25, 0.3) is 0 Å². The Bertz CT molecular complexity index is 499. The Morgan fingerprint density at radius 3 is 2.86 bits per heavy atom. The zero-order valence-electron chi connectivity index (χ0n) is 11.9. The Labute approximate surface area is 123 Å². The molecule has 0 spiro atoms. The van der Waals surface area contributed by atoms with E-state index in [9.17, 15) is 14.0 Å². The van der Waals surface area contributed by atoms with Crippen molar-refractivity contribution in [3.05, 3.63) is 35.6 Å². The van der Waals surface area contributed by atoms with Gasteiger partial charge in [0.25, 0.3) is 0 Å². The number of benzene rings is 1. The van der Waals surface area contributed by atoms with Crippen LogP contribution < -0.4 is 10.6 Å². The van der Waals surface area contributed by atoms with Gasteiger partial charge in [-0.1, -0.05) is 18.2 Å². The van der Waals surface area contributed by atoms with Crippen LogP contribution in [0.5, 0.6) is 0 Å². The largest absolute Gasteiger partial charge is 0.347 e. The highest BCUT2D eigenvalue weighted by Gasteiger charge is 2.21. The summed E-state index contributed by atoms with van der Waals surface area (Å²) in [5, 5.41) is 5.73. The highest BCUT2D eigenvalue weighted by molar-refractivity contribution is 6.35. The summed E-state index contributed by atoms with van der Waals surface area (Å²) in [4.78, 5) is 25.3. The smallest absolute Gasteiger partial charge is 0.311 e. The van der Waals surface area contributed by atoms with E-state index in [1.807, 2.05) is 0 Å². The summed E-state index contributed by atoms with van der Waals surface area (Å²) in [6.07, 6.45) is 1.21. The van der Waals surface area contributed by atoms with Gasteiger partial charge < -0.3 is 15.5 Å². The first-order valence-corrected chi connectivity index (χ1v) is 7.19. The van der Waals surface area contributed by atoms with Crippen LogP contribution in [0.1, 0.15) is 12.0 Å². The van der Waals surface area contributed by atoms with Crippen LogP contribution >= 0.6 is 0 Å². The van der Waals surface area contributed by atoms with Gasteiger partial charge in [0.15, 0.2) is 0 Å². The van der Waals surface area contributed by atoms with Gasteiger partial charge in [0.05, 0.1) is 0 Å². The fourth-order valence-corrected chi connectivity index (χ4v) is 2.28. The van der Waals surface area contributed by atoms with Crippen LogP contribution in [0.3, 0.4) is 0 Å². The molecule has 2 amide bonds. The van der Waals surface area contributed by atoms with Crippen LogP contribution in [0.4, 0.5) is 4.39 Å². The molecule has 0 aromatic heterocycles. The van der Waals surface area contributed by atoms with Crippen molar-refractivity contribution >= 4 is 11.8 Å². The van der Waals surface area contributed by atoms with Crippen molar-refractivity contribution in [1.82, 2.24) is 15.5 Å². The van der Waals surface area contributed by atoms with Gasteiger partial charge in [0, 0.05) is 26.2 Å². The predicted octanol–water partition coefficient (Wildman–Crippen LogP) is 0.306. The summed E-state index contributed by atoms with van der Waals surface area (Å²) < 4.78 is 13.4. The number of rotatable bonds is 3. The normalized spacial score (nSPS) is 15.4. The van der Waals surface area contributed by atoms with E-state index in [1.54, 1.807) is 23.1 Å². The molecule has 5 nitrogen and oxygen atoms in total. The molecule has 1 fully saturated rings. The lowest BCUT2D eigenvalue weighted by Gasteiger charge is -2.19. The molecule has 1 aromatic rings. The van der Waals surface area contributed by atoms with Crippen molar-refractivity contribution in [2.24, 2.45) is 0 Å². The minimum atomic E-state index is -0.617. The lowest BCUT2D eigenvalue weighted by Crippen LogP contribution is -2.44. The van der Waals surface area contributed by atoms with Gasteiger partial charge in [-0.15, -0.1) is 0 Å². The Hall–Kier alpha value is -1.95. The zero-order valence-corrected chi connectivity index (χ0v) is 11.9. The Morgan fingerprint density at radius 2 is 2.05 bits per heavy atom. The zero-order chi connectivity index (χ0) is 15.1. The molecule has 0 radical (unpaired) electrons. The topological polar surface area (TPSA) is 61.4 Å². The van der Waals surface area contributed by atoms with E-state index in [0.717, 1.165) is 13.0 Å². The first-order chi connectivity index (χ1) is 10.2. The third kappa shape index (κ3) is 4.53. The van der Waals surface area contributed by atoms with Crippen LogP contribution in [-0.2, 0) is 16.0 Å². The molecule has 21 heavy (non-hydrogen) atoms. The summed E-state index contributed by atoms with van der Waals surface area (Å²) in [7, 11) is 0. The van der Waals surface area contributed by atoms with Gasteiger partial charge in [-0.3, -0.25) is 9.59 Å². The highest BCUT2D eigenvalue weighted by Crippen LogP contribution is 2.06. The van der Waals surface area contributed by atoms with Crippen LogP contribution in [0.15, 0.2) is 24.3 Å². The van der Waals surface area contributed by atoms with Crippen LogP contribution in [-0.4, -0.2) is 49.4 Å². The van der Waals surface area contributed by atoms with Crippen LogP contribution in [0.2, 0.25) is 0 Å². The molecule has 0 bridgehead atoms. The number of carbonyl (C=O) groups excluding carboxylic acids is 2. The van der Waals surface area contributed by atoms with Crippen LogP contribution in [0, 0.1) is 5.82 Å². The molecule has 1 aliphatic heterocycles. The number of hydrogen-bond donors (Lipinski definition) is 2. The average Bonchev–Trinajstić information content (AvgIpc) is 2.77. The van der Waals surface area contributed by atoms with Gasteiger partial charge in [0.1, 0.15) is 5.82 Å². The maximum Gasteiger partial charge on any atom is 0.311 e. The van der Waals surface area contributed by atoms with E-state index in [-0.39, 0.29) is 12.4 Å². The molecule has 0 aliphatic carbocycles. The molecule has 0 unspecified atom stereocenters. The maximum absolute atomic E-state index is 13.4. The first-order valence-electron chi connectivity index (χ1n) is 7.19. The Morgan fingerprint density at radius 1 is 1.24 bits per heavy atom. The monoisotopic (exact) mass is 293 g/mol. The number of nitrogens with one attached hydrogen (secondary N) is 2. The fraction of sp³-hybridized carbons (Fsp3) is 0.467. The summed E-state index contributed by atoms with van der Waals surface area (Å²) in [5.74, 6) is -1.42. The van der Waals surface area contributed by atoms with Crippen molar-refractivity contribution in [2.45, 2.75) is 12.8 Å². The number of hydrogen-bond acceptors (Lipinski definition) is 3. The lowest BCUT2D eigenvalue weighted by atomic mass is 10.1. The second-order valence-electron chi connectivity index (χ2n) is 4.99. The van der Waals surface area contributed by atoms with Crippen molar-refractivity contribution in [2.75, 3.05) is 32.7 Å². The molecule has 6 heteroatoms. The molecule has 1 aliphatic rings. The second kappa shape index (κ2) is 7.73. The third-order valence-corrected chi connectivity index (χ3v) is 3.46. The molecule has 0 atom stereocenters. The van der Waals surface area contributed by atoms with E-state index in [0.29, 0.717) is 31.6 Å². The molecule has 1 aromatic carbocycles. The predicted molar refractivity (Wildman–Crippen MR) is 77.2 cm³/mol. The van der Waals surface area contributed by atoms with Crippen molar-refractivity contribution in [1.29, 1.82) is 0 Å². The van der Waals surface area contributed by atoms with Crippen molar-refractivity contribution in [3.63, 3.8) is 0 Å². The van der Waals surface area contributed by atoms with E-state index < -0.39 is 11.8 Å². The molecule has 114 valence electrons. The summed E-state index contributed by atoms with van der Waals surface area (Å²) >= 11 is 0. The average molecular weight is 293 g/mol. The van der Waals surface area contributed by atoms with E-state index in [1.165, 1.54) is 6.07 Å². The van der Waals surface area contributed by atoms with Gasteiger partial charge in [-0.05, 0) is 31.0 Å². The number of nitrogens with zero attached hydrogens (tertiary/aromatic N) is 1. The Balaban J connectivity index is 1.78. The number of carbonyl (C=O) groups is 2. The molecule has 2 N–H and O–H groups in total. The molecule has 1 saturated heterocycles. The van der Waals surface area contributed by atoms with Gasteiger partial charge in [-0.25, -0.2) is 4.39 Å². The number of amides is 2. The van der Waals surface area contributed by atoms with Gasteiger partial charge >= 0.3 is 11.8 Å². The maximum atomic E-state index is 13.4. The van der Waals surface area contributed by atoms with Crippen molar-refractivity contribution in [3.8, 4) is 0 Å². The first kappa shape index (κ1) is 15.4.